The number of phenols is 3. The zero-order valence-electron chi connectivity index (χ0n) is 48.2. The topological polar surface area (TPSA) is 140 Å². The second kappa shape index (κ2) is 30.6. The molecule has 4 rings (SSSR count). The molecule has 1 fully saturated rings. The first-order chi connectivity index (χ1) is 35.3. The van der Waals surface area contributed by atoms with Crippen molar-refractivity contribution in [3.63, 3.8) is 0 Å². The first kappa shape index (κ1) is 64.0. The van der Waals surface area contributed by atoms with Gasteiger partial charge in [-0.1, -0.05) is 167 Å². The molecule has 9 nitrogen and oxygen atoms in total. The van der Waals surface area contributed by atoms with Gasteiger partial charge in [-0.2, -0.15) is 11.8 Å². The first-order valence-corrected chi connectivity index (χ1v) is 31.2. The number of hydrogen-bond acceptors (Lipinski definition) is 12. The monoisotopic (exact) mass is 1090 g/mol. The summed E-state index contributed by atoms with van der Waals surface area (Å²) in [5.74, 6) is 2.02. The second-order valence-corrected chi connectivity index (χ2v) is 28.6. The quantitative estimate of drug-likeness (QED) is 0.0340. The van der Waals surface area contributed by atoms with Gasteiger partial charge in [0.05, 0.1) is 43.2 Å². The number of thioether (sulfide) groups is 3. The third-order valence-electron chi connectivity index (χ3n) is 14.1. The number of rotatable bonds is 24. The van der Waals surface area contributed by atoms with Crippen molar-refractivity contribution in [2.45, 2.75) is 231 Å². The van der Waals surface area contributed by atoms with Crippen molar-refractivity contribution in [3.05, 3.63) is 86.5 Å². The maximum Gasteiger partial charge on any atom is 0.306 e. The van der Waals surface area contributed by atoms with Crippen molar-refractivity contribution in [2.24, 2.45) is 0 Å². The molecule has 1 unspecified atom stereocenters. The van der Waals surface area contributed by atoms with Gasteiger partial charge in [0.25, 0.3) is 0 Å². The molecule has 3 aromatic carbocycles. The molecule has 75 heavy (non-hydrogen) atoms. The van der Waals surface area contributed by atoms with Gasteiger partial charge < -0.3 is 29.5 Å². The van der Waals surface area contributed by atoms with E-state index < -0.39 is 0 Å². The van der Waals surface area contributed by atoms with Crippen LogP contribution in [0, 0.1) is 20.8 Å². The Morgan fingerprint density at radius 3 is 1.16 bits per heavy atom. The molecule has 12 heteroatoms. The van der Waals surface area contributed by atoms with E-state index in [-0.39, 0.29) is 82.6 Å². The predicted molar refractivity (Wildman–Crippen MR) is 316 cm³/mol. The molecule has 3 aromatic rings. The molecule has 1 aliphatic carbocycles. The number of hydrogen-bond donors (Lipinski definition) is 3. The number of esters is 3. The number of carbonyl (C=O) groups excluding carboxylic acids is 3. The molecule has 0 radical (unpaired) electrons. The number of aromatic hydroxyl groups is 3. The van der Waals surface area contributed by atoms with Crippen LogP contribution in [0.1, 0.15) is 215 Å². The van der Waals surface area contributed by atoms with Gasteiger partial charge in [-0.25, -0.2) is 0 Å². The highest BCUT2D eigenvalue weighted by atomic mass is 32.2. The maximum absolute atomic E-state index is 13.4. The van der Waals surface area contributed by atoms with Crippen LogP contribution >= 0.6 is 35.3 Å². The van der Waals surface area contributed by atoms with Gasteiger partial charge in [-0.3, -0.25) is 14.4 Å². The van der Waals surface area contributed by atoms with Crippen molar-refractivity contribution in [1.82, 2.24) is 0 Å². The second-order valence-electron chi connectivity index (χ2n) is 24.2. The third-order valence-corrected chi connectivity index (χ3v) is 19.4. The summed E-state index contributed by atoms with van der Waals surface area (Å²) in [7, 11) is 0. The van der Waals surface area contributed by atoms with Crippen LogP contribution in [0.2, 0.25) is 0 Å². The fraction of sp³-hybridized carbons (Fsp3) is 0.667. The van der Waals surface area contributed by atoms with Gasteiger partial charge in [-0.05, 0) is 122 Å². The van der Waals surface area contributed by atoms with Gasteiger partial charge in [0, 0.05) is 22.5 Å². The Labute approximate surface area is 466 Å². The predicted octanol–water partition coefficient (Wildman–Crippen LogP) is 15.8. The summed E-state index contributed by atoms with van der Waals surface area (Å²) in [6, 6.07) is 12.2. The van der Waals surface area contributed by atoms with E-state index in [0.29, 0.717) is 73.0 Å². The zero-order chi connectivity index (χ0) is 55.4. The molecule has 1 saturated carbocycles. The van der Waals surface area contributed by atoms with Crippen molar-refractivity contribution in [3.8, 4) is 17.2 Å². The van der Waals surface area contributed by atoms with E-state index in [0.717, 1.165) is 88.6 Å². The summed E-state index contributed by atoms with van der Waals surface area (Å²) in [6.45, 7) is 25.8. The van der Waals surface area contributed by atoms with Crippen LogP contribution < -0.4 is 0 Å². The van der Waals surface area contributed by atoms with Crippen molar-refractivity contribution >= 4 is 53.2 Å². The molecule has 0 spiro atoms. The Hall–Kier alpha value is -3.48. The Bertz CT molecular complexity index is 2190. The molecule has 3 N–H and O–H groups in total. The smallest absolute Gasteiger partial charge is 0.306 e. The first-order valence-electron chi connectivity index (χ1n) is 28.2. The summed E-state index contributed by atoms with van der Waals surface area (Å²) >= 11 is 5.48. The third kappa shape index (κ3) is 21.7. The van der Waals surface area contributed by atoms with Gasteiger partial charge in [0.1, 0.15) is 17.2 Å². The molecule has 0 bridgehead atoms. The molecule has 0 amide bonds. The van der Waals surface area contributed by atoms with Gasteiger partial charge in [0.15, 0.2) is 0 Å². The van der Waals surface area contributed by atoms with E-state index >= 15 is 0 Å². The van der Waals surface area contributed by atoms with Gasteiger partial charge >= 0.3 is 17.9 Å². The van der Waals surface area contributed by atoms with E-state index in [1.807, 2.05) is 92.5 Å². The Morgan fingerprint density at radius 1 is 0.493 bits per heavy atom. The van der Waals surface area contributed by atoms with Crippen LogP contribution in [0.4, 0.5) is 0 Å². The average Bonchev–Trinajstić information content (AvgIpc) is 3.31. The SMILES string of the molecule is Cc1cc(CCCOC(=O)CCSC2CCCCCCCCCCC2(SCCC(=O)OCCCc2cc(C)cc(C(C)(C)C)c2O)SCCC(=O)OCCCc2cc(C)cc(C(C)(C)C)c2O)c(O)c(C(C)(C)C)c1. The highest BCUT2D eigenvalue weighted by molar-refractivity contribution is 8.19. The van der Waals surface area contributed by atoms with E-state index in [2.05, 4.69) is 62.3 Å². The molecule has 0 saturated heterocycles. The number of carbonyl (C=O) groups is 3. The minimum atomic E-state index is -0.322. The maximum atomic E-state index is 13.4. The summed E-state index contributed by atoms with van der Waals surface area (Å²) in [5.41, 5.74) is 8.13. The highest BCUT2D eigenvalue weighted by Crippen LogP contribution is 2.51. The van der Waals surface area contributed by atoms with Gasteiger partial charge in [0.2, 0.25) is 0 Å². The molecule has 0 aliphatic heterocycles. The lowest BCUT2D eigenvalue weighted by molar-refractivity contribution is -0.144. The van der Waals surface area contributed by atoms with Crippen LogP contribution in [0.25, 0.3) is 0 Å². The fourth-order valence-corrected chi connectivity index (χ4v) is 15.4. The summed E-state index contributed by atoms with van der Waals surface area (Å²) in [6.07, 6.45) is 15.6. The molecule has 0 heterocycles. The van der Waals surface area contributed by atoms with Crippen molar-refractivity contribution < 1.29 is 43.9 Å². The van der Waals surface area contributed by atoms with E-state index in [4.69, 9.17) is 14.2 Å². The normalized spacial score (nSPS) is 15.9. The van der Waals surface area contributed by atoms with Crippen LogP contribution in [0.3, 0.4) is 0 Å². The number of aryl methyl sites for hydroxylation is 6. The van der Waals surface area contributed by atoms with E-state index in [1.165, 1.54) is 25.7 Å². The molecule has 0 aromatic heterocycles. The minimum Gasteiger partial charge on any atom is -0.507 e. The van der Waals surface area contributed by atoms with Gasteiger partial charge in [-0.15, -0.1) is 23.5 Å². The number of phenolic OH excluding ortho intramolecular Hbond substituents is 3. The molecular formula is C63H96O9S3. The zero-order valence-corrected chi connectivity index (χ0v) is 50.7. The van der Waals surface area contributed by atoms with Crippen LogP contribution in [-0.2, 0) is 64.1 Å². The number of benzene rings is 3. The lowest BCUT2D eigenvalue weighted by Gasteiger charge is -2.40. The van der Waals surface area contributed by atoms with Crippen LogP contribution in [0.5, 0.6) is 17.2 Å². The van der Waals surface area contributed by atoms with E-state index in [9.17, 15) is 29.7 Å². The Kier molecular flexibility index (Phi) is 26.1. The lowest BCUT2D eigenvalue weighted by Crippen LogP contribution is -2.36. The fourth-order valence-electron chi connectivity index (χ4n) is 10.0. The largest absolute Gasteiger partial charge is 0.507 e. The summed E-state index contributed by atoms with van der Waals surface area (Å²) in [5, 5.41) is 33.4. The minimum absolute atomic E-state index is 0.160. The highest BCUT2D eigenvalue weighted by Gasteiger charge is 2.40. The Morgan fingerprint density at radius 2 is 0.813 bits per heavy atom. The standard InChI is InChI=1S/C63H96O9S3/c1-44-38-47(57(67)50(41-44)60(4,5)6)24-21-32-70-54(64)28-35-73-53-27-19-17-15-13-14-16-18-20-31-63(53,74-36-29-55(65)71-33-22-25-48-39-45(2)42-51(58(48)68)61(7,8)9)75-37-30-56(66)72-34-23-26-49-40-46(3)43-52(59(49)69)62(10,11)12/h38-43,53,67-69H,13-37H2,1-12H3. The van der Waals surface area contributed by atoms with Crippen molar-refractivity contribution in [2.75, 3.05) is 37.1 Å². The molecule has 420 valence electrons. The average molecular weight is 1090 g/mol. The Balaban J connectivity index is 1.43. The molecule has 1 aliphatic rings. The van der Waals surface area contributed by atoms with E-state index in [1.54, 1.807) is 0 Å². The number of ether oxygens (including phenoxy) is 3. The molecular weight excluding hydrogens is 997 g/mol. The van der Waals surface area contributed by atoms with Crippen LogP contribution in [0.15, 0.2) is 36.4 Å². The van der Waals surface area contributed by atoms with Crippen molar-refractivity contribution in [1.29, 1.82) is 0 Å². The summed E-state index contributed by atoms with van der Waals surface area (Å²) in [4.78, 5) is 40.1. The summed E-state index contributed by atoms with van der Waals surface area (Å²) < 4.78 is 17.1. The van der Waals surface area contributed by atoms with Crippen LogP contribution in [-0.4, -0.2) is 79.6 Å². The molecule has 1 atom stereocenters. The lowest BCUT2D eigenvalue weighted by atomic mass is 9.83.